The summed E-state index contributed by atoms with van der Waals surface area (Å²) in [6.07, 6.45) is 15.0. The van der Waals surface area contributed by atoms with E-state index in [1.807, 2.05) is 17.8 Å². The second-order valence-electron chi connectivity index (χ2n) is 10.9. The van der Waals surface area contributed by atoms with Crippen molar-refractivity contribution < 1.29 is 4.79 Å². The summed E-state index contributed by atoms with van der Waals surface area (Å²) in [5, 5.41) is 3.46. The standard InChI is InChI=1S/C28H43N3OS/c32-28-25-13-8-14-27(26(25)21-31(28)24-12-9-15-29-18-24)33-17-7-3-1-2-6-16-30-19-22-10-4-5-11-23(22)20-30/h8,13-14,22-24,29H,1-7,9-12,15-21H2/t22-,23+,24?. The number of nitrogens with one attached hydrogen (secondary N) is 1. The third-order valence-corrected chi connectivity index (χ3v) is 9.78. The first kappa shape index (κ1) is 23.7. The van der Waals surface area contributed by atoms with Crippen LogP contribution < -0.4 is 5.32 Å². The smallest absolute Gasteiger partial charge is 0.254 e. The Kier molecular flexibility index (Phi) is 8.32. The molecular weight excluding hydrogens is 426 g/mol. The van der Waals surface area contributed by atoms with Crippen LogP contribution in [0.5, 0.6) is 0 Å². The highest BCUT2D eigenvalue weighted by Gasteiger charge is 2.35. The largest absolute Gasteiger partial charge is 0.330 e. The zero-order chi connectivity index (χ0) is 22.5. The molecule has 5 heteroatoms. The number of amides is 1. The fourth-order valence-electron chi connectivity index (χ4n) is 6.69. The highest BCUT2D eigenvalue weighted by atomic mass is 32.2. The van der Waals surface area contributed by atoms with Crippen LogP contribution in [-0.2, 0) is 6.54 Å². The molecule has 1 aliphatic carbocycles. The molecule has 3 aliphatic heterocycles. The van der Waals surface area contributed by atoms with Crippen LogP contribution >= 0.6 is 11.8 Å². The van der Waals surface area contributed by atoms with E-state index >= 15 is 0 Å². The molecule has 3 fully saturated rings. The first-order valence-corrected chi connectivity index (χ1v) is 14.8. The lowest BCUT2D eigenvalue weighted by Gasteiger charge is -2.31. The number of hydrogen-bond acceptors (Lipinski definition) is 4. The van der Waals surface area contributed by atoms with Crippen molar-refractivity contribution in [3.05, 3.63) is 29.3 Å². The highest BCUT2D eigenvalue weighted by molar-refractivity contribution is 7.99. The Hall–Kier alpha value is -1.04. The van der Waals surface area contributed by atoms with E-state index in [1.165, 1.54) is 100 Å². The topological polar surface area (TPSA) is 35.6 Å². The number of piperidine rings is 1. The molecule has 0 radical (unpaired) electrons. The summed E-state index contributed by atoms with van der Waals surface area (Å²) >= 11 is 1.97. The second-order valence-corrected chi connectivity index (χ2v) is 12.0. The number of hydrogen-bond donors (Lipinski definition) is 1. The summed E-state index contributed by atoms with van der Waals surface area (Å²) in [6, 6.07) is 6.71. The minimum absolute atomic E-state index is 0.249. The van der Waals surface area contributed by atoms with E-state index in [4.69, 9.17) is 0 Å². The number of rotatable bonds is 10. The molecule has 1 saturated carbocycles. The Labute approximate surface area is 205 Å². The quantitative estimate of drug-likeness (QED) is 0.359. The SMILES string of the molecule is O=C1c2cccc(SCCCCCCCN3C[C@H]4CCCC[C@H]4C3)c2CN1C1CCCNC1. The normalized spacial score (nSPS) is 27.7. The van der Waals surface area contributed by atoms with Crippen molar-refractivity contribution in [3.8, 4) is 0 Å². The summed E-state index contributed by atoms with van der Waals surface area (Å²) in [5.41, 5.74) is 2.23. The van der Waals surface area contributed by atoms with Gasteiger partial charge in [0.15, 0.2) is 0 Å². The average molecular weight is 470 g/mol. The predicted molar refractivity (Wildman–Crippen MR) is 138 cm³/mol. The van der Waals surface area contributed by atoms with Gasteiger partial charge in [-0.3, -0.25) is 4.79 Å². The van der Waals surface area contributed by atoms with E-state index in [1.54, 1.807) is 0 Å². The van der Waals surface area contributed by atoms with Crippen LogP contribution in [0.2, 0.25) is 0 Å². The Bertz CT molecular complexity index is 779. The number of carbonyl (C=O) groups is 1. The zero-order valence-electron chi connectivity index (χ0n) is 20.4. The average Bonchev–Trinajstić information content (AvgIpc) is 3.42. The van der Waals surface area contributed by atoms with Crippen LogP contribution in [0, 0.1) is 11.8 Å². The van der Waals surface area contributed by atoms with Crippen molar-refractivity contribution >= 4 is 17.7 Å². The molecule has 1 N–H and O–H groups in total. The molecule has 4 aliphatic rings. The maximum absolute atomic E-state index is 13.0. The number of nitrogens with zero attached hydrogens (tertiary/aromatic N) is 2. The van der Waals surface area contributed by atoms with Gasteiger partial charge >= 0.3 is 0 Å². The van der Waals surface area contributed by atoms with Gasteiger partial charge in [0, 0.05) is 42.7 Å². The second kappa shape index (κ2) is 11.6. The molecule has 3 atom stereocenters. The van der Waals surface area contributed by atoms with Crippen LogP contribution in [0.1, 0.15) is 86.6 Å². The van der Waals surface area contributed by atoms with Crippen LogP contribution in [0.3, 0.4) is 0 Å². The summed E-state index contributed by atoms with van der Waals surface area (Å²) in [6.45, 7) is 6.95. The zero-order valence-corrected chi connectivity index (χ0v) is 21.2. The molecular formula is C28H43N3OS. The summed E-state index contributed by atoms with van der Waals surface area (Å²) < 4.78 is 0. The molecule has 5 rings (SSSR count). The van der Waals surface area contributed by atoms with E-state index in [2.05, 4.69) is 27.2 Å². The van der Waals surface area contributed by atoms with Crippen molar-refractivity contribution in [2.24, 2.45) is 11.8 Å². The number of fused-ring (bicyclic) bond motifs is 2. The molecule has 4 nitrogen and oxygen atoms in total. The maximum Gasteiger partial charge on any atom is 0.254 e. The highest BCUT2D eigenvalue weighted by Crippen LogP contribution is 2.36. The first-order valence-electron chi connectivity index (χ1n) is 13.8. The lowest BCUT2D eigenvalue weighted by Crippen LogP contribution is -2.46. The Morgan fingerprint density at radius 2 is 1.73 bits per heavy atom. The summed E-state index contributed by atoms with van der Waals surface area (Å²) in [7, 11) is 0. The maximum atomic E-state index is 13.0. The molecule has 1 aromatic rings. The van der Waals surface area contributed by atoms with Gasteiger partial charge in [-0.25, -0.2) is 0 Å². The van der Waals surface area contributed by atoms with Gasteiger partial charge in [-0.1, -0.05) is 38.2 Å². The number of unbranched alkanes of at least 4 members (excludes halogenated alkanes) is 4. The molecule has 1 unspecified atom stereocenters. The van der Waals surface area contributed by atoms with Crippen LogP contribution in [0.25, 0.3) is 0 Å². The fourth-order valence-corrected chi connectivity index (χ4v) is 7.78. The van der Waals surface area contributed by atoms with Crippen molar-refractivity contribution in [2.75, 3.05) is 38.5 Å². The van der Waals surface area contributed by atoms with E-state index in [0.717, 1.165) is 43.5 Å². The van der Waals surface area contributed by atoms with Gasteiger partial charge in [0.25, 0.3) is 5.91 Å². The Balaban J connectivity index is 0.981. The molecule has 3 heterocycles. The van der Waals surface area contributed by atoms with Gasteiger partial charge in [0.2, 0.25) is 0 Å². The van der Waals surface area contributed by atoms with Crippen molar-refractivity contribution in [3.63, 3.8) is 0 Å². The van der Waals surface area contributed by atoms with Gasteiger partial charge in [0.05, 0.1) is 0 Å². The van der Waals surface area contributed by atoms with Gasteiger partial charge < -0.3 is 15.1 Å². The van der Waals surface area contributed by atoms with E-state index in [-0.39, 0.29) is 5.91 Å². The minimum Gasteiger partial charge on any atom is -0.330 e. The van der Waals surface area contributed by atoms with Crippen molar-refractivity contribution in [2.45, 2.75) is 88.1 Å². The molecule has 2 saturated heterocycles. The van der Waals surface area contributed by atoms with E-state index in [9.17, 15) is 4.79 Å². The molecule has 0 spiro atoms. The molecule has 1 amide bonds. The molecule has 0 bridgehead atoms. The van der Waals surface area contributed by atoms with E-state index < -0.39 is 0 Å². The van der Waals surface area contributed by atoms with Gasteiger partial charge in [-0.2, -0.15) is 0 Å². The van der Waals surface area contributed by atoms with Crippen LogP contribution in [0.15, 0.2) is 23.1 Å². The van der Waals surface area contributed by atoms with Crippen molar-refractivity contribution in [1.82, 2.24) is 15.1 Å². The lowest BCUT2D eigenvalue weighted by atomic mass is 9.82. The third-order valence-electron chi connectivity index (χ3n) is 8.59. The Morgan fingerprint density at radius 3 is 2.52 bits per heavy atom. The Morgan fingerprint density at radius 1 is 0.939 bits per heavy atom. The lowest BCUT2D eigenvalue weighted by molar-refractivity contribution is 0.0674. The van der Waals surface area contributed by atoms with Gasteiger partial charge in [-0.05, 0) is 86.9 Å². The minimum atomic E-state index is 0.249. The monoisotopic (exact) mass is 469 g/mol. The molecule has 1 aromatic carbocycles. The molecule has 182 valence electrons. The molecule has 0 aromatic heterocycles. The number of carbonyl (C=O) groups excluding carboxylic acids is 1. The molecule has 33 heavy (non-hydrogen) atoms. The predicted octanol–water partition coefficient (Wildman–Crippen LogP) is 5.56. The van der Waals surface area contributed by atoms with Gasteiger partial charge in [-0.15, -0.1) is 11.8 Å². The summed E-state index contributed by atoms with van der Waals surface area (Å²) in [4.78, 5) is 19.2. The first-order chi connectivity index (χ1) is 16.3. The third kappa shape index (κ3) is 5.79. The van der Waals surface area contributed by atoms with E-state index in [0.29, 0.717) is 6.04 Å². The fraction of sp³-hybridized carbons (Fsp3) is 0.750. The summed E-state index contributed by atoms with van der Waals surface area (Å²) in [5.74, 6) is 3.47. The number of benzene rings is 1. The van der Waals surface area contributed by atoms with Gasteiger partial charge in [0.1, 0.15) is 0 Å². The van der Waals surface area contributed by atoms with Crippen LogP contribution in [0.4, 0.5) is 0 Å². The number of thioether (sulfide) groups is 1. The van der Waals surface area contributed by atoms with Crippen LogP contribution in [-0.4, -0.2) is 60.2 Å². The van der Waals surface area contributed by atoms with Crippen molar-refractivity contribution in [1.29, 1.82) is 0 Å². The number of likely N-dealkylation sites (tertiary alicyclic amines) is 1.